The van der Waals surface area contributed by atoms with E-state index in [0.29, 0.717) is 25.4 Å². The number of aromatic nitrogens is 1. The fourth-order valence-corrected chi connectivity index (χ4v) is 1.63. The largest absolute Gasteiger partial charge is 0.353 e. The summed E-state index contributed by atoms with van der Waals surface area (Å²) in [5.74, 6) is -1.12. The minimum absolute atomic E-state index is 0.00633. The van der Waals surface area contributed by atoms with Gasteiger partial charge < -0.3 is 10.6 Å². The quantitative estimate of drug-likeness (QED) is 0.754. The zero-order valence-corrected chi connectivity index (χ0v) is 10.5. The van der Waals surface area contributed by atoms with Gasteiger partial charge in [0.25, 0.3) is 5.91 Å². The van der Waals surface area contributed by atoms with E-state index in [9.17, 15) is 14.0 Å². The smallest absolute Gasteiger partial charge is 0.254 e. The molecular weight excluding hydrogens is 249 g/mol. The average molecular weight is 265 g/mol. The van der Waals surface area contributed by atoms with Crippen LogP contribution in [-0.2, 0) is 4.79 Å². The molecule has 1 aliphatic carbocycles. The monoisotopic (exact) mass is 265 g/mol. The third-order valence-corrected chi connectivity index (χ3v) is 2.83. The van der Waals surface area contributed by atoms with Gasteiger partial charge in [-0.2, -0.15) is 0 Å². The lowest BCUT2D eigenvalue weighted by molar-refractivity contribution is -0.121. The Hall–Kier alpha value is -1.98. The first-order valence-electron chi connectivity index (χ1n) is 6.34. The lowest BCUT2D eigenvalue weighted by atomic mass is 10.2. The standard InChI is InChI=1S/C13H16FN3O2/c14-11-8-15-7-5-10(11)13(19)16-6-1-2-12(18)17-9-3-4-9/h5,7-9H,1-4,6H2,(H,16,19)(H,17,18). The molecule has 0 aromatic carbocycles. The van der Waals surface area contributed by atoms with Gasteiger partial charge in [-0.1, -0.05) is 0 Å². The maximum atomic E-state index is 13.2. The van der Waals surface area contributed by atoms with Crippen LogP contribution >= 0.6 is 0 Å². The molecule has 19 heavy (non-hydrogen) atoms. The number of nitrogens with one attached hydrogen (secondary N) is 2. The molecule has 6 heteroatoms. The number of carbonyl (C=O) groups is 2. The highest BCUT2D eigenvalue weighted by molar-refractivity contribution is 5.94. The second kappa shape index (κ2) is 6.26. The normalized spacial score (nSPS) is 13.9. The molecule has 2 amide bonds. The summed E-state index contributed by atoms with van der Waals surface area (Å²) in [6.07, 6.45) is 5.39. The zero-order chi connectivity index (χ0) is 13.7. The van der Waals surface area contributed by atoms with Gasteiger partial charge in [0, 0.05) is 25.2 Å². The number of nitrogens with zero attached hydrogens (tertiary/aromatic N) is 1. The second-order valence-corrected chi connectivity index (χ2v) is 4.56. The predicted molar refractivity (Wildman–Crippen MR) is 66.9 cm³/mol. The van der Waals surface area contributed by atoms with Gasteiger partial charge in [0.15, 0.2) is 5.82 Å². The van der Waals surface area contributed by atoms with Crippen molar-refractivity contribution in [3.05, 3.63) is 29.8 Å². The molecule has 1 aliphatic rings. The second-order valence-electron chi connectivity index (χ2n) is 4.56. The van der Waals surface area contributed by atoms with Crippen LogP contribution in [0.2, 0.25) is 0 Å². The lowest BCUT2D eigenvalue weighted by Crippen LogP contribution is -2.28. The number of rotatable bonds is 6. The number of halogens is 1. The molecular formula is C13H16FN3O2. The molecule has 5 nitrogen and oxygen atoms in total. The zero-order valence-electron chi connectivity index (χ0n) is 10.5. The first kappa shape index (κ1) is 13.5. The fourth-order valence-electron chi connectivity index (χ4n) is 1.63. The Labute approximate surface area is 110 Å². The van der Waals surface area contributed by atoms with Gasteiger partial charge in [-0.3, -0.25) is 14.6 Å². The van der Waals surface area contributed by atoms with Gasteiger partial charge in [0.05, 0.1) is 11.8 Å². The summed E-state index contributed by atoms with van der Waals surface area (Å²) in [4.78, 5) is 26.6. The van der Waals surface area contributed by atoms with Crippen molar-refractivity contribution < 1.29 is 14.0 Å². The van der Waals surface area contributed by atoms with E-state index in [2.05, 4.69) is 15.6 Å². The van der Waals surface area contributed by atoms with E-state index in [1.165, 1.54) is 12.3 Å². The molecule has 0 spiro atoms. The minimum atomic E-state index is -0.647. The van der Waals surface area contributed by atoms with Gasteiger partial charge in [-0.15, -0.1) is 0 Å². The van der Waals surface area contributed by atoms with E-state index in [1.807, 2.05) is 0 Å². The summed E-state index contributed by atoms with van der Waals surface area (Å²) in [5.41, 5.74) is -0.0302. The molecule has 0 unspecified atom stereocenters. The first-order chi connectivity index (χ1) is 9.16. The Morgan fingerprint density at radius 2 is 2.21 bits per heavy atom. The van der Waals surface area contributed by atoms with Crippen LogP contribution in [0.5, 0.6) is 0 Å². The fraction of sp³-hybridized carbons (Fsp3) is 0.462. The molecule has 2 rings (SSSR count). The Morgan fingerprint density at radius 1 is 1.42 bits per heavy atom. The van der Waals surface area contributed by atoms with Crippen LogP contribution in [-0.4, -0.2) is 29.4 Å². The molecule has 1 saturated carbocycles. The molecule has 1 aromatic heterocycles. The number of pyridine rings is 1. The maximum absolute atomic E-state index is 13.2. The van der Waals surface area contributed by atoms with Crippen molar-refractivity contribution in [2.45, 2.75) is 31.7 Å². The van der Waals surface area contributed by atoms with Crippen molar-refractivity contribution in [2.75, 3.05) is 6.54 Å². The van der Waals surface area contributed by atoms with E-state index >= 15 is 0 Å². The van der Waals surface area contributed by atoms with Crippen LogP contribution in [0.1, 0.15) is 36.0 Å². The molecule has 1 aromatic rings. The molecule has 0 bridgehead atoms. The van der Waals surface area contributed by atoms with Crippen molar-refractivity contribution in [1.29, 1.82) is 0 Å². The van der Waals surface area contributed by atoms with Crippen LogP contribution in [0.3, 0.4) is 0 Å². The molecule has 1 fully saturated rings. The highest BCUT2D eigenvalue weighted by Gasteiger charge is 2.22. The van der Waals surface area contributed by atoms with Crippen LogP contribution in [0.4, 0.5) is 4.39 Å². The first-order valence-corrected chi connectivity index (χ1v) is 6.34. The molecule has 1 heterocycles. The van der Waals surface area contributed by atoms with Crippen LogP contribution in [0.25, 0.3) is 0 Å². The van der Waals surface area contributed by atoms with Gasteiger partial charge in [0.1, 0.15) is 0 Å². The third-order valence-electron chi connectivity index (χ3n) is 2.83. The average Bonchev–Trinajstić information content (AvgIpc) is 3.19. The van der Waals surface area contributed by atoms with Crippen molar-refractivity contribution >= 4 is 11.8 Å². The summed E-state index contributed by atoms with van der Waals surface area (Å²) in [6.45, 7) is 0.346. The summed E-state index contributed by atoms with van der Waals surface area (Å²) < 4.78 is 13.2. The van der Waals surface area contributed by atoms with Crippen LogP contribution in [0.15, 0.2) is 18.5 Å². The van der Waals surface area contributed by atoms with Crippen LogP contribution < -0.4 is 10.6 Å². The van der Waals surface area contributed by atoms with E-state index in [1.54, 1.807) is 0 Å². The highest BCUT2D eigenvalue weighted by atomic mass is 19.1. The Morgan fingerprint density at radius 3 is 2.89 bits per heavy atom. The minimum Gasteiger partial charge on any atom is -0.353 e. The summed E-state index contributed by atoms with van der Waals surface area (Å²) in [7, 11) is 0. The Bertz CT molecular complexity index is 475. The third kappa shape index (κ3) is 4.31. The topological polar surface area (TPSA) is 71.1 Å². The molecule has 0 radical (unpaired) electrons. The summed E-state index contributed by atoms with van der Waals surface area (Å²) >= 11 is 0. The van der Waals surface area contributed by atoms with Crippen molar-refractivity contribution in [3.63, 3.8) is 0 Å². The van der Waals surface area contributed by atoms with Crippen molar-refractivity contribution in [1.82, 2.24) is 15.6 Å². The molecule has 2 N–H and O–H groups in total. The van der Waals surface area contributed by atoms with E-state index in [0.717, 1.165) is 19.0 Å². The predicted octanol–water partition coefficient (Wildman–Crippen LogP) is 1.01. The molecule has 0 aliphatic heterocycles. The highest BCUT2D eigenvalue weighted by Crippen LogP contribution is 2.18. The maximum Gasteiger partial charge on any atom is 0.254 e. The van der Waals surface area contributed by atoms with E-state index < -0.39 is 11.7 Å². The number of hydrogen-bond acceptors (Lipinski definition) is 3. The Kier molecular flexibility index (Phi) is 4.43. The Balaban J connectivity index is 1.66. The summed E-state index contributed by atoms with van der Waals surface area (Å²) in [6, 6.07) is 1.68. The molecule has 0 saturated heterocycles. The van der Waals surface area contributed by atoms with Gasteiger partial charge in [-0.25, -0.2) is 4.39 Å². The summed E-state index contributed by atoms with van der Waals surface area (Å²) in [5, 5.41) is 5.44. The number of hydrogen-bond donors (Lipinski definition) is 2. The van der Waals surface area contributed by atoms with E-state index in [4.69, 9.17) is 0 Å². The number of carbonyl (C=O) groups excluding carboxylic acids is 2. The van der Waals surface area contributed by atoms with Gasteiger partial charge in [0.2, 0.25) is 5.91 Å². The lowest BCUT2D eigenvalue weighted by Gasteiger charge is -2.06. The molecule has 102 valence electrons. The SMILES string of the molecule is O=C(CCCNC(=O)c1ccncc1F)NC1CC1. The van der Waals surface area contributed by atoms with E-state index in [-0.39, 0.29) is 11.5 Å². The van der Waals surface area contributed by atoms with Crippen LogP contribution in [0, 0.1) is 5.82 Å². The number of amides is 2. The van der Waals surface area contributed by atoms with Crippen molar-refractivity contribution in [2.24, 2.45) is 0 Å². The molecule has 0 atom stereocenters. The van der Waals surface area contributed by atoms with Gasteiger partial charge in [-0.05, 0) is 25.3 Å². The van der Waals surface area contributed by atoms with Gasteiger partial charge >= 0.3 is 0 Å². The van der Waals surface area contributed by atoms with Crippen molar-refractivity contribution in [3.8, 4) is 0 Å².